The molecular weight excluding hydrogens is 588 g/mol. The lowest BCUT2D eigenvalue weighted by atomic mass is 10.1. The number of nitrogens with zero attached hydrogens (tertiary/aromatic N) is 6. The summed E-state index contributed by atoms with van der Waals surface area (Å²) in [5.41, 5.74) is 2.30. The molecule has 0 atom stereocenters. The van der Waals surface area contributed by atoms with Crippen LogP contribution in [-0.4, -0.2) is 73.8 Å². The number of hydrogen-bond acceptors (Lipinski definition) is 12. The molecule has 0 unspecified atom stereocenters. The number of aryl methyl sites for hydroxylation is 1. The maximum Gasteiger partial charge on any atom is 0.425 e. The lowest BCUT2D eigenvalue weighted by Gasteiger charge is -2.29. The van der Waals surface area contributed by atoms with Gasteiger partial charge in [-0.15, -0.1) is 0 Å². The summed E-state index contributed by atoms with van der Waals surface area (Å²) in [4.78, 5) is 46.9. The fraction of sp³-hybridized carbons (Fsp3) is 0.500. The van der Waals surface area contributed by atoms with Gasteiger partial charge in [-0.2, -0.15) is 24.3 Å². The van der Waals surface area contributed by atoms with Crippen LogP contribution >= 0.6 is 11.9 Å². The predicted molar refractivity (Wildman–Crippen MR) is 164 cm³/mol. The maximum absolute atomic E-state index is 13.6. The van der Waals surface area contributed by atoms with Crippen LogP contribution < -0.4 is 4.74 Å². The molecule has 0 fully saturated rings. The zero-order chi connectivity index (χ0) is 32.6. The van der Waals surface area contributed by atoms with Gasteiger partial charge in [-0.1, -0.05) is 0 Å². The molecule has 0 aromatic carbocycles. The van der Waals surface area contributed by atoms with E-state index in [1.807, 2.05) is 13.8 Å². The Labute approximate surface area is 260 Å². The van der Waals surface area contributed by atoms with Gasteiger partial charge in [-0.25, -0.2) is 14.4 Å². The number of carbonyl (C=O) groups excluding carboxylic acids is 3. The summed E-state index contributed by atoms with van der Waals surface area (Å²) >= 11 is 1.04. The van der Waals surface area contributed by atoms with Crippen molar-refractivity contribution in [1.29, 1.82) is 0 Å². The topological polar surface area (TPSA) is 147 Å². The first-order valence-electron chi connectivity index (χ1n) is 14.1. The van der Waals surface area contributed by atoms with Gasteiger partial charge in [-0.05, 0) is 85.9 Å². The largest absolute Gasteiger partial charge is 0.496 e. The van der Waals surface area contributed by atoms with Crippen molar-refractivity contribution in [3.8, 4) is 17.0 Å². The van der Waals surface area contributed by atoms with Gasteiger partial charge in [0.2, 0.25) is 0 Å². The zero-order valence-corrected chi connectivity index (χ0v) is 27.5. The molecule has 4 rings (SSSR count). The Bertz CT molecular complexity index is 1570. The number of amidine groups is 1. The Morgan fingerprint density at radius 3 is 2.23 bits per heavy atom. The van der Waals surface area contributed by atoms with Gasteiger partial charge < -0.3 is 18.9 Å². The summed E-state index contributed by atoms with van der Waals surface area (Å²) in [6.07, 6.45) is -0.290. The molecule has 236 valence electrons. The van der Waals surface area contributed by atoms with E-state index in [0.717, 1.165) is 28.0 Å². The van der Waals surface area contributed by atoms with Gasteiger partial charge in [-0.3, -0.25) is 4.98 Å². The second-order valence-electron chi connectivity index (χ2n) is 12.1. The molecule has 1 aromatic rings. The quantitative estimate of drug-likeness (QED) is 0.195. The first-order chi connectivity index (χ1) is 20.5. The van der Waals surface area contributed by atoms with Gasteiger partial charge in [0.05, 0.1) is 30.7 Å². The number of ether oxygens (including phenoxy) is 4. The van der Waals surface area contributed by atoms with Crippen LogP contribution in [-0.2, 0) is 26.5 Å². The first kappa shape index (κ1) is 32.7. The molecule has 0 saturated heterocycles. The maximum atomic E-state index is 13.6. The molecule has 0 N–H and O–H groups in total. The molecule has 0 spiro atoms. The van der Waals surface area contributed by atoms with Crippen molar-refractivity contribution in [1.82, 2.24) is 24.9 Å². The second kappa shape index (κ2) is 12.4. The second-order valence-corrected chi connectivity index (χ2v) is 12.9. The fourth-order valence-electron chi connectivity index (χ4n) is 4.58. The third-order valence-corrected chi connectivity index (χ3v) is 7.03. The number of rotatable bonds is 5. The molecule has 1 aliphatic carbocycles. The number of methoxy groups -OCH3 is 1. The highest BCUT2D eigenvalue weighted by Gasteiger charge is 2.40. The van der Waals surface area contributed by atoms with Crippen molar-refractivity contribution in [2.45, 2.75) is 85.8 Å². The van der Waals surface area contributed by atoms with Crippen LogP contribution in [0, 0.1) is 13.8 Å². The number of esters is 1. The van der Waals surface area contributed by atoms with Gasteiger partial charge in [0.15, 0.2) is 5.84 Å². The van der Waals surface area contributed by atoms with Gasteiger partial charge in [0.1, 0.15) is 29.2 Å². The Morgan fingerprint density at radius 1 is 1.02 bits per heavy atom. The van der Waals surface area contributed by atoms with Crippen LogP contribution in [0.2, 0.25) is 0 Å². The smallest absolute Gasteiger partial charge is 0.425 e. The minimum atomic E-state index is -0.995. The zero-order valence-electron chi connectivity index (χ0n) is 26.7. The van der Waals surface area contributed by atoms with Crippen LogP contribution in [0.15, 0.2) is 16.7 Å². The highest BCUT2D eigenvalue weighted by Crippen LogP contribution is 2.39. The highest BCUT2D eigenvalue weighted by atomic mass is 32.2. The summed E-state index contributed by atoms with van der Waals surface area (Å²) < 4.78 is 26.7. The lowest BCUT2D eigenvalue weighted by Crippen LogP contribution is -2.47. The third-order valence-electron chi connectivity index (χ3n) is 6.31. The first-order valence-corrected chi connectivity index (χ1v) is 15.0. The van der Waals surface area contributed by atoms with E-state index in [1.165, 1.54) is 4.80 Å². The van der Waals surface area contributed by atoms with E-state index in [2.05, 4.69) is 9.38 Å². The number of aromatic nitrogens is 4. The van der Waals surface area contributed by atoms with Crippen molar-refractivity contribution in [2.24, 2.45) is 4.40 Å². The molecule has 0 bridgehead atoms. The molecule has 13 nitrogen and oxygen atoms in total. The fourth-order valence-corrected chi connectivity index (χ4v) is 5.37. The molecule has 2 amide bonds. The van der Waals surface area contributed by atoms with Crippen LogP contribution in [0.4, 0.5) is 9.59 Å². The Hall–Kier alpha value is -4.20. The number of imide groups is 1. The Kier molecular flexibility index (Phi) is 9.24. The number of amides is 2. The Balaban J connectivity index is 1.95. The van der Waals surface area contributed by atoms with Crippen LogP contribution in [0.5, 0.6) is 5.75 Å². The van der Waals surface area contributed by atoms with Crippen molar-refractivity contribution in [3.63, 3.8) is 0 Å². The van der Waals surface area contributed by atoms with E-state index >= 15 is 0 Å². The summed E-state index contributed by atoms with van der Waals surface area (Å²) in [6.45, 7) is 15.9. The summed E-state index contributed by atoms with van der Waals surface area (Å²) in [6, 6.07) is 1.62. The summed E-state index contributed by atoms with van der Waals surface area (Å²) in [5, 5.41) is 9.46. The molecule has 14 heteroatoms. The molecule has 3 heterocycles. The van der Waals surface area contributed by atoms with Crippen LogP contribution in [0.1, 0.15) is 86.9 Å². The van der Waals surface area contributed by atoms with Crippen LogP contribution in [0.3, 0.4) is 0 Å². The molecule has 0 radical (unpaired) electrons. The van der Waals surface area contributed by atoms with Gasteiger partial charge >= 0.3 is 18.2 Å². The number of carbonyl (C=O) groups is 3. The predicted octanol–water partition coefficient (Wildman–Crippen LogP) is 5.71. The molecule has 0 saturated carbocycles. The standard InChI is InChI=1S/C30H38N6O7S/c1-11-41-26(37)18-12-20-22-19(18)15-44-34-25(36(27(38)42-29(4,5)6)28(39)43-30(7,8)9)23(22)33-35(32-20)14-21-17(3)24(40-10)16(2)13-31-21/h12-13H,11,14-15H2,1-10H3. The van der Waals surface area contributed by atoms with E-state index in [1.54, 1.807) is 67.8 Å². The minimum Gasteiger partial charge on any atom is -0.496 e. The highest BCUT2D eigenvalue weighted by molar-refractivity contribution is 7.97. The van der Waals surface area contributed by atoms with E-state index in [-0.39, 0.29) is 30.4 Å². The summed E-state index contributed by atoms with van der Waals surface area (Å²) in [5.74, 6) is 0.271. The SMILES string of the molecule is CCOC(=O)c1cc2nn(Cc3ncc(C)c(OC)c3C)nc3c-2c1CSN=C3N(C(=O)OC(C)(C)C)C(=O)OC(C)(C)C. The molecule has 44 heavy (non-hydrogen) atoms. The minimum absolute atomic E-state index is 0.111. The molecule has 3 aliphatic rings. The monoisotopic (exact) mass is 626 g/mol. The number of pyridine rings is 1. The van der Waals surface area contributed by atoms with Gasteiger partial charge in [0.25, 0.3) is 0 Å². The van der Waals surface area contributed by atoms with E-state index in [0.29, 0.717) is 33.8 Å². The van der Waals surface area contributed by atoms with Crippen molar-refractivity contribution in [3.05, 3.63) is 45.9 Å². The average Bonchev–Trinajstić information content (AvgIpc) is 3.15. The van der Waals surface area contributed by atoms with E-state index in [4.69, 9.17) is 29.1 Å². The van der Waals surface area contributed by atoms with Gasteiger partial charge in [0, 0.05) is 28.6 Å². The molecule has 2 aliphatic heterocycles. The van der Waals surface area contributed by atoms with E-state index in [9.17, 15) is 14.4 Å². The van der Waals surface area contributed by atoms with Crippen molar-refractivity contribution in [2.75, 3.05) is 13.7 Å². The summed E-state index contributed by atoms with van der Waals surface area (Å²) in [7, 11) is 1.59. The average molecular weight is 627 g/mol. The number of hydrogen-bond donors (Lipinski definition) is 0. The molecular formula is C30H38N6O7S. The Morgan fingerprint density at radius 2 is 1.66 bits per heavy atom. The van der Waals surface area contributed by atoms with Crippen molar-refractivity contribution < 1.29 is 33.3 Å². The van der Waals surface area contributed by atoms with Crippen molar-refractivity contribution >= 4 is 35.9 Å². The molecule has 1 aromatic heterocycles. The normalized spacial score (nSPS) is 13.2. The van der Waals surface area contributed by atoms with Crippen LogP contribution in [0.25, 0.3) is 11.3 Å². The van der Waals surface area contributed by atoms with E-state index < -0.39 is 29.4 Å². The lowest BCUT2D eigenvalue weighted by molar-refractivity contribution is 0.0147. The third kappa shape index (κ3) is 6.95.